The van der Waals surface area contributed by atoms with Crippen molar-refractivity contribution in [2.45, 2.75) is 12.8 Å². The van der Waals surface area contributed by atoms with E-state index in [0.717, 1.165) is 11.3 Å². The zero-order chi connectivity index (χ0) is 17.4. The monoisotopic (exact) mass is 371 g/mol. The molecule has 0 spiro atoms. The van der Waals surface area contributed by atoms with E-state index in [1.54, 1.807) is 18.2 Å². The van der Waals surface area contributed by atoms with E-state index in [1.165, 1.54) is 0 Å². The molecule has 1 heterocycles. The Bertz CT molecular complexity index is 958. The number of aliphatic carboxylic acids is 1. The Kier molecular flexibility index (Phi) is 4.47. The van der Waals surface area contributed by atoms with E-state index in [9.17, 15) is 18.0 Å². The van der Waals surface area contributed by atoms with Crippen LogP contribution < -0.4 is 0 Å². The number of nitrogens with zero attached hydrogens (tertiary/aromatic N) is 1. The summed E-state index contributed by atoms with van der Waals surface area (Å²) in [6.07, 6.45) is -0.0763. The van der Waals surface area contributed by atoms with Crippen molar-refractivity contribution >= 4 is 39.1 Å². The molecule has 1 N–H and O–H groups in total. The van der Waals surface area contributed by atoms with E-state index in [-0.39, 0.29) is 28.1 Å². The van der Waals surface area contributed by atoms with Crippen molar-refractivity contribution in [3.05, 3.63) is 62.9 Å². The van der Waals surface area contributed by atoms with Crippen LogP contribution in [0.15, 0.2) is 24.3 Å². The molecule has 24 heavy (non-hydrogen) atoms. The van der Waals surface area contributed by atoms with E-state index in [4.69, 9.17) is 16.7 Å². The van der Waals surface area contributed by atoms with E-state index < -0.39 is 23.4 Å². The standard InChI is InChI=1S/C16H9ClF3NO2S/c17-13-7(2-1-3-8(13)5-12(22)23)4-11-21-15-14(20)9(18)6-10(19)16(15)24-11/h1-3,6H,4-5H2,(H,22,23). The highest BCUT2D eigenvalue weighted by atomic mass is 35.5. The third-order valence-electron chi connectivity index (χ3n) is 3.40. The molecular weight excluding hydrogens is 363 g/mol. The Balaban J connectivity index is 2.00. The molecule has 1 aromatic heterocycles. The fourth-order valence-electron chi connectivity index (χ4n) is 2.34. The van der Waals surface area contributed by atoms with E-state index in [0.29, 0.717) is 22.2 Å². The molecule has 0 bridgehead atoms. The van der Waals surface area contributed by atoms with Gasteiger partial charge >= 0.3 is 5.97 Å². The molecule has 3 rings (SSSR count). The lowest BCUT2D eigenvalue weighted by Crippen LogP contribution is -2.02. The normalized spacial score (nSPS) is 11.2. The van der Waals surface area contributed by atoms with Crippen molar-refractivity contribution in [2.75, 3.05) is 0 Å². The van der Waals surface area contributed by atoms with Crippen LogP contribution in [0.3, 0.4) is 0 Å². The molecule has 0 aliphatic rings. The van der Waals surface area contributed by atoms with Gasteiger partial charge in [-0.1, -0.05) is 29.8 Å². The van der Waals surface area contributed by atoms with Gasteiger partial charge in [0.1, 0.15) is 11.3 Å². The number of benzene rings is 2. The van der Waals surface area contributed by atoms with Crippen molar-refractivity contribution in [3.63, 3.8) is 0 Å². The molecule has 3 nitrogen and oxygen atoms in total. The predicted octanol–water partition coefficient (Wildman–Crippen LogP) is 4.58. The smallest absolute Gasteiger partial charge is 0.307 e. The van der Waals surface area contributed by atoms with Crippen LogP contribution in [0.1, 0.15) is 16.1 Å². The minimum Gasteiger partial charge on any atom is -0.481 e. The topological polar surface area (TPSA) is 50.2 Å². The summed E-state index contributed by atoms with van der Waals surface area (Å²) >= 11 is 7.10. The maximum Gasteiger partial charge on any atom is 0.307 e. The average molecular weight is 372 g/mol. The van der Waals surface area contributed by atoms with Gasteiger partial charge in [0.05, 0.1) is 16.1 Å². The Hall–Kier alpha value is -2.12. The molecule has 0 radical (unpaired) electrons. The molecule has 2 aromatic carbocycles. The molecule has 0 saturated carbocycles. The van der Waals surface area contributed by atoms with E-state index in [2.05, 4.69) is 4.98 Å². The first-order valence-electron chi connectivity index (χ1n) is 6.77. The molecule has 0 amide bonds. The fourth-order valence-corrected chi connectivity index (χ4v) is 3.58. The number of hydrogen-bond donors (Lipinski definition) is 1. The van der Waals surface area contributed by atoms with Gasteiger partial charge in [0.2, 0.25) is 0 Å². The Morgan fingerprint density at radius 3 is 2.62 bits per heavy atom. The van der Waals surface area contributed by atoms with Crippen LogP contribution in [0.4, 0.5) is 13.2 Å². The second-order valence-corrected chi connectivity index (χ2v) is 6.54. The van der Waals surface area contributed by atoms with Crippen molar-refractivity contribution in [3.8, 4) is 0 Å². The first kappa shape index (κ1) is 16.7. The van der Waals surface area contributed by atoms with Crippen LogP contribution in [0, 0.1) is 17.5 Å². The molecule has 3 aromatic rings. The fraction of sp³-hybridized carbons (Fsp3) is 0.125. The largest absolute Gasteiger partial charge is 0.481 e. The van der Waals surface area contributed by atoms with Crippen LogP contribution in [-0.2, 0) is 17.6 Å². The Labute approximate surface area is 143 Å². The summed E-state index contributed by atoms with van der Waals surface area (Å²) in [7, 11) is 0. The highest BCUT2D eigenvalue weighted by Crippen LogP contribution is 2.31. The quantitative estimate of drug-likeness (QED) is 0.683. The van der Waals surface area contributed by atoms with Crippen LogP contribution in [0.25, 0.3) is 10.2 Å². The number of fused-ring (bicyclic) bond motifs is 1. The predicted molar refractivity (Wildman–Crippen MR) is 85.1 cm³/mol. The van der Waals surface area contributed by atoms with Gasteiger partial charge < -0.3 is 5.11 Å². The second kappa shape index (κ2) is 6.41. The lowest BCUT2D eigenvalue weighted by molar-refractivity contribution is -0.136. The molecule has 124 valence electrons. The van der Waals surface area contributed by atoms with Gasteiger partial charge in [0.25, 0.3) is 0 Å². The summed E-state index contributed by atoms with van der Waals surface area (Å²) in [6, 6.07) is 5.40. The highest BCUT2D eigenvalue weighted by molar-refractivity contribution is 7.18. The lowest BCUT2D eigenvalue weighted by Gasteiger charge is -2.06. The van der Waals surface area contributed by atoms with E-state index >= 15 is 0 Å². The molecule has 0 fully saturated rings. The SMILES string of the molecule is O=C(O)Cc1cccc(Cc2nc3c(F)c(F)cc(F)c3s2)c1Cl. The van der Waals surface area contributed by atoms with Crippen LogP contribution in [0.5, 0.6) is 0 Å². The summed E-state index contributed by atoms with van der Waals surface area (Å²) in [5, 5.41) is 9.49. The van der Waals surface area contributed by atoms with Crippen LogP contribution in [0.2, 0.25) is 5.02 Å². The van der Waals surface area contributed by atoms with Gasteiger partial charge in [-0.15, -0.1) is 11.3 Å². The van der Waals surface area contributed by atoms with Gasteiger partial charge in [-0.3, -0.25) is 4.79 Å². The maximum atomic E-state index is 13.7. The average Bonchev–Trinajstić information content (AvgIpc) is 2.93. The summed E-state index contributed by atoms with van der Waals surface area (Å²) in [6.45, 7) is 0. The van der Waals surface area contributed by atoms with Gasteiger partial charge in [0, 0.05) is 17.5 Å². The van der Waals surface area contributed by atoms with E-state index in [1.807, 2.05) is 0 Å². The van der Waals surface area contributed by atoms with Crippen LogP contribution >= 0.6 is 22.9 Å². The first-order chi connectivity index (χ1) is 11.4. The molecule has 8 heteroatoms. The van der Waals surface area contributed by atoms with Crippen molar-refractivity contribution < 1.29 is 23.1 Å². The number of hydrogen-bond acceptors (Lipinski definition) is 3. The van der Waals surface area contributed by atoms with Crippen LogP contribution in [-0.4, -0.2) is 16.1 Å². The number of aromatic nitrogens is 1. The Morgan fingerprint density at radius 2 is 1.92 bits per heavy atom. The number of carbonyl (C=O) groups is 1. The van der Waals surface area contributed by atoms with Crippen molar-refractivity contribution in [1.82, 2.24) is 4.98 Å². The second-order valence-electron chi connectivity index (χ2n) is 5.08. The highest BCUT2D eigenvalue weighted by Gasteiger charge is 2.18. The van der Waals surface area contributed by atoms with Gasteiger partial charge in [-0.2, -0.15) is 0 Å². The molecule has 0 saturated heterocycles. The number of rotatable bonds is 4. The zero-order valence-electron chi connectivity index (χ0n) is 11.9. The maximum absolute atomic E-state index is 13.7. The van der Waals surface area contributed by atoms with Crippen molar-refractivity contribution in [1.29, 1.82) is 0 Å². The summed E-state index contributed by atoms with van der Waals surface area (Å²) in [5.41, 5.74) is 0.659. The summed E-state index contributed by atoms with van der Waals surface area (Å²) < 4.78 is 40.7. The molecule has 0 aliphatic carbocycles. The summed E-state index contributed by atoms with van der Waals surface area (Å²) in [5.74, 6) is -4.38. The van der Waals surface area contributed by atoms with Crippen molar-refractivity contribution in [2.24, 2.45) is 0 Å². The number of carboxylic acid groups (broad SMARTS) is 1. The molecular formula is C16H9ClF3NO2S. The lowest BCUT2D eigenvalue weighted by atomic mass is 10.1. The minimum absolute atomic E-state index is 0.0679. The summed E-state index contributed by atoms with van der Waals surface area (Å²) in [4.78, 5) is 14.8. The van der Waals surface area contributed by atoms with Gasteiger partial charge in [-0.05, 0) is 11.1 Å². The Morgan fingerprint density at radius 1 is 1.21 bits per heavy atom. The van der Waals surface area contributed by atoms with Gasteiger partial charge in [0.15, 0.2) is 11.6 Å². The number of carboxylic acids is 1. The molecule has 0 atom stereocenters. The first-order valence-corrected chi connectivity index (χ1v) is 7.97. The minimum atomic E-state index is -1.29. The number of halogens is 4. The third-order valence-corrected chi connectivity index (χ3v) is 4.95. The molecule has 0 aliphatic heterocycles. The molecule has 0 unspecified atom stereocenters. The number of thiazole rings is 1. The third kappa shape index (κ3) is 3.09. The van der Waals surface area contributed by atoms with Gasteiger partial charge in [-0.25, -0.2) is 18.2 Å². The zero-order valence-corrected chi connectivity index (χ0v) is 13.5.